The van der Waals surface area contributed by atoms with Crippen molar-refractivity contribution < 1.29 is 23.0 Å². The van der Waals surface area contributed by atoms with Crippen molar-refractivity contribution >= 4 is 5.91 Å². The van der Waals surface area contributed by atoms with Crippen molar-refractivity contribution in [2.45, 2.75) is 31.9 Å². The van der Waals surface area contributed by atoms with E-state index in [1.807, 2.05) is 0 Å². The van der Waals surface area contributed by atoms with E-state index in [9.17, 15) is 13.6 Å². The second-order valence-corrected chi connectivity index (χ2v) is 8.07. The molecular formula is C20H26F2N2O3. The predicted molar refractivity (Wildman–Crippen MR) is 95.1 cm³/mol. The van der Waals surface area contributed by atoms with Crippen molar-refractivity contribution in [3.8, 4) is 0 Å². The molecule has 0 unspecified atom stereocenters. The van der Waals surface area contributed by atoms with E-state index in [2.05, 4.69) is 4.90 Å². The first-order valence-corrected chi connectivity index (χ1v) is 9.66. The second kappa shape index (κ2) is 7.81. The molecule has 0 bridgehead atoms. The fourth-order valence-electron chi connectivity index (χ4n) is 4.52. The van der Waals surface area contributed by atoms with E-state index in [4.69, 9.17) is 9.47 Å². The molecule has 27 heavy (non-hydrogen) atoms. The van der Waals surface area contributed by atoms with Crippen LogP contribution in [0.1, 0.15) is 24.8 Å². The quantitative estimate of drug-likeness (QED) is 0.803. The topological polar surface area (TPSA) is 42.0 Å². The maximum absolute atomic E-state index is 13.4. The summed E-state index contributed by atoms with van der Waals surface area (Å²) in [4.78, 5) is 16.6. The number of hydrogen-bond donors (Lipinski definition) is 0. The molecule has 0 N–H and O–H groups in total. The van der Waals surface area contributed by atoms with Gasteiger partial charge in [0.1, 0.15) is 11.6 Å². The number of amides is 1. The Hall–Kier alpha value is -1.57. The van der Waals surface area contributed by atoms with Crippen molar-refractivity contribution in [3.63, 3.8) is 0 Å². The maximum atomic E-state index is 13.4. The van der Waals surface area contributed by atoms with Crippen LogP contribution in [0.15, 0.2) is 18.2 Å². The Morgan fingerprint density at radius 2 is 1.85 bits per heavy atom. The molecule has 0 aromatic heterocycles. The lowest BCUT2D eigenvalue weighted by Gasteiger charge is -2.40. The van der Waals surface area contributed by atoms with Crippen molar-refractivity contribution in [3.05, 3.63) is 35.4 Å². The summed E-state index contributed by atoms with van der Waals surface area (Å²) in [5.41, 5.74) is 0.494. The molecule has 148 valence electrons. The third kappa shape index (κ3) is 4.47. The van der Waals surface area contributed by atoms with E-state index in [1.54, 1.807) is 4.90 Å². The molecule has 1 amide bonds. The van der Waals surface area contributed by atoms with Crippen LogP contribution >= 0.6 is 0 Å². The number of carbonyl (C=O) groups excluding carboxylic acids is 1. The highest BCUT2D eigenvalue weighted by Crippen LogP contribution is 2.41. The standard InChI is InChI=1S/C20H26F2N2O3/c21-16-7-15(8-17(22)9-16)11-24-14-20(10-19(24)25)1-3-23(4-2-20)12-18-13-26-5-6-27-18/h7-9,18H,1-6,10-14H2/t18-/m0/s1. The van der Waals surface area contributed by atoms with Gasteiger partial charge in [-0.05, 0) is 49.0 Å². The molecule has 1 aromatic carbocycles. The van der Waals surface area contributed by atoms with Gasteiger partial charge in [-0.25, -0.2) is 8.78 Å². The van der Waals surface area contributed by atoms with E-state index in [0.29, 0.717) is 38.3 Å². The third-order valence-corrected chi connectivity index (χ3v) is 5.96. The number of rotatable bonds is 4. The molecular weight excluding hydrogens is 354 g/mol. The van der Waals surface area contributed by atoms with Gasteiger partial charge in [0.05, 0.1) is 25.9 Å². The average molecular weight is 380 g/mol. The minimum absolute atomic E-state index is 0.0105. The van der Waals surface area contributed by atoms with Crippen LogP contribution in [0.25, 0.3) is 0 Å². The van der Waals surface area contributed by atoms with Crippen molar-refractivity contribution in [1.82, 2.24) is 9.80 Å². The summed E-state index contributed by atoms with van der Waals surface area (Å²) in [6.07, 6.45) is 2.58. The molecule has 3 heterocycles. The normalized spacial score (nSPS) is 26.1. The molecule has 5 nitrogen and oxygen atoms in total. The largest absolute Gasteiger partial charge is 0.376 e. The number of piperidine rings is 1. The fourth-order valence-corrected chi connectivity index (χ4v) is 4.52. The number of nitrogens with zero attached hydrogens (tertiary/aromatic N) is 2. The van der Waals surface area contributed by atoms with E-state index in [0.717, 1.165) is 38.5 Å². The molecule has 3 aliphatic rings. The van der Waals surface area contributed by atoms with E-state index < -0.39 is 11.6 Å². The highest BCUT2D eigenvalue weighted by molar-refractivity contribution is 5.79. The van der Waals surface area contributed by atoms with Crippen molar-refractivity contribution in [2.75, 3.05) is 46.0 Å². The van der Waals surface area contributed by atoms with Gasteiger partial charge in [-0.1, -0.05) is 0 Å². The molecule has 7 heteroatoms. The van der Waals surface area contributed by atoms with Gasteiger partial charge in [-0.15, -0.1) is 0 Å². The number of halogens is 2. The summed E-state index contributed by atoms with van der Waals surface area (Å²) in [6.45, 7) is 5.67. The fraction of sp³-hybridized carbons (Fsp3) is 0.650. The van der Waals surface area contributed by atoms with Gasteiger partial charge in [0.2, 0.25) is 5.91 Å². The molecule has 3 fully saturated rings. The zero-order chi connectivity index (χ0) is 18.9. The number of ether oxygens (including phenoxy) is 2. The molecule has 3 saturated heterocycles. The van der Waals surface area contributed by atoms with Crippen LogP contribution in [0, 0.1) is 17.0 Å². The van der Waals surface area contributed by atoms with Crippen LogP contribution in [-0.4, -0.2) is 67.8 Å². The summed E-state index contributed by atoms with van der Waals surface area (Å²) in [6, 6.07) is 3.46. The van der Waals surface area contributed by atoms with Crippen molar-refractivity contribution in [1.29, 1.82) is 0 Å². The van der Waals surface area contributed by atoms with Crippen LogP contribution in [0.5, 0.6) is 0 Å². The Morgan fingerprint density at radius 3 is 2.52 bits per heavy atom. The van der Waals surface area contributed by atoms with Gasteiger partial charge >= 0.3 is 0 Å². The first kappa shape index (κ1) is 18.8. The monoisotopic (exact) mass is 380 g/mol. The summed E-state index contributed by atoms with van der Waals surface area (Å²) in [5, 5.41) is 0. The maximum Gasteiger partial charge on any atom is 0.223 e. The van der Waals surface area contributed by atoms with E-state index in [1.165, 1.54) is 12.1 Å². The van der Waals surface area contributed by atoms with Gasteiger partial charge in [-0.3, -0.25) is 4.79 Å². The number of hydrogen-bond acceptors (Lipinski definition) is 4. The summed E-state index contributed by atoms with van der Waals surface area (Å²) in [7, 11) is 0. The Morgan fingerprint density at radius 1 is 1.11 bits per heavy atom. The SMILES string of the molecule is O=C1CC2(CCN(C[C@H]3COCCO3)CC2)CN1Cc1cc(F)cc(F)c1. The molecule has 1 spiro atoms. The minimum Gasteiger partial charge on any atom is -0.376 e. The first-order valence-electron chi connectivity index (χ1n) is 9.66. The highest BCUT2D eigenvalue weighted by Gasteiger charge is 2.44. The van der Waals surface area contributed by atoms with Gasteiger partial charge in [-0.2, -0.15) is 0 Å². The molecule has 4 rings (SSSR count). The zero-order valence-electron chi connectivity index (χ0n) is 15.5. The van der Waals surface area contributed by atoms with Crippen LogP contribution in [0.2, 0.25) is 0 Å². The lowest BCUT2D eigenvalue weighted by Crippen LogP contribution is -2.46. The van der Waals surface area contributed by atoms with Crippen LogP contribution in [0.3, 0.4) is 0 Å². The lowest BCUT2D eigenvalue weighted by molar-refractivity contribution is -0.128. The average Bonchev–Trinajstić information content (AvgIpc) is 2.92. The number of likely N-dealkylation sites (tertiary alicyclic amines) is 2. The highest BCUT2D eigenvalue weighted by atomic mass is 19.1. The number of carbonyl (C=O) groups is 1. The first-order chi connectivity index (χ1) is 13.0. The molecule has 0 aliphatic carbocycles. The molecule has 0 saturated carbocycles. The smallest absolute Gasteiger partial charge is 0.223 e. The van der Waals surface area contributed by atoms with Crippen LogP contribution in [0.4, 0.5) is 8.78 Å². The second-order valence-electron chi connectivity index (χ2n) is 8.07. The molecule has 0 radical (unpaired) electrons. The Bertz CT molecular complexity index is 666. The van der Waals surface area contributed by atoms with E-state index in [-0.39, 0.29) is 24.0 Å². The van der Waals surface area contributed by atoms with Gasteiger partial charge in [0.25, 0.3) is 0 Å². The zero-order valence-corrected chi connectivity index (χ0v) is 15.5. The Labute approximate surface area is 158 Å². The molecule has 1 aromatic rings. The van der Waals surface area contributed by atoms with Gasteiger partial charge in [0.15, 0.2) is 0 Å². The van der Waals surface area contributed by atoms with Crippen LogP contribution < -0.4 is 0 Å². The van der Waals surface area contributed by atoms with Crippen molar-refractivity contribution in [2.24, 2.45) is 5.41 Å². The third-order valence-electron chi connectivity index (χ3n) is 5.96. The van der Waals surface area contributed by atoms with Gasteiger partial charge in [0, 0.05) is 32.1 Å². The summed E-state index contributed by atoms with van der Waals surface area (Å²) >= 11 is 0. The Balaban J connectivity index is 1.32. The Kier molecular flexibility index (Phi) is 5.43. The predicted octanol–water partition coefficient (Wildman–Crippen LogP) is 2.19. The molecule has 3 aliphatic heterocycles. The summed E-state index contributed by atoms with van der Waals surface area (Å²) in [5.74, 6) is -1.13. The molecule has 1 atom stereocenters. The summed E-state index contributed by atoms with van der Waals surface area (Å²) < 4.78 is 38.0. The minimum atomic E-state index is -0.603. The van der Waals surface area contributed by atoms with Gasteiger partial charge < -0.3 is 19.3 Å². The lowest BCUT2D eigenvalue weighted by atomic mass is 9.77. The van der Waals surface area contributed by atoms with E-state index >= 15 is 0 Å². The number of benzene rings is 1. The van der Waals surface area contributed by atoms with Crippen LogP contribution in [-0.2, 0) is 20.8 Å².